The summed E-state index contributed by atoms with van der Waals surface area (Å²) in [6.07, 6.45) is 12.7. The van der Waals surface area contributed by atoms with E-state index in [9.17, 15) is 9.90 Å². The molecule has 0 heterocycles. The minimum atomic E-state index is -0.904. The van der Waals surface area contributed by atoms with Gasteiger partial charge < -0.3 is 5.11 Å². The minimum Gasteiger partial charge on any atom is -0.385 e. The predicted molar refractivity (Wildman–Crippen MR) is 61.6 cm³/mol. The average molecular weight is 208 g/mol. The maximum absolute atomic E-state index is 11.0. The molecule has 0 radical (unpaired) electrons. The maximum Gasteiger partial charge on any atom is 0.158 e. The summed E-state index contributed by atoms with van der Waals surface area (Å²) in [5.74, 6) is 0.0249. The summed E-state index contributed by atoms with van der Waals surface area (Å²) in [5.41, 5.74) is -0.904. The standard InChI is InChI=1S/C13H20O2/c1-2-3-4-5-6-7-9-13(15)10-8-12(14)11-13/h6-8,10,15H,2-5,9,11H2,1H3/b7-6-. The zero-order valence-corrected chi connectivity index (χ0v) is 9.41. The Morgan fingerprint density at radius 1 is 1.47 bits per heavy atom. The number of carbonyl (C=O) groups is 1. The monoisotopic (exact) mass is 208 g/mol. The summed E-state index contributed by atoms with van der Waals surface area (Å²) >= 11 is 0. The molecular weight excluding hydrogens is 188 g/mol. The highest BCUT2D eigenvalue weighted by Crippen LogP contribution is 2.24. The van der Waals surface area contributed by atoms with E-state index in [0.29, 0.717) is 6.42 Å². The number of carbonyl (C=O) groups excluding carboxylic acids is 1. The van der Waals surface area contributed by atoms with Gasteiger partial charge in [-0.15, -0.1) is 0 Å². The first-order chi connectivity index (χ1) is 7.16. The first-order valence-corrected chi connectivity index (χ1v) is 5.76. The van der Waals surface area contributed by atoms with Crippen molar-refractivity contribution < 1.29 is 9.90 Å². The van der Waals surface area contributed by atoms with Crippen molar-refractivity contribution in [2.45, 2.75) is 51.0 Å². The van der Waals surface area contributed by atoms with Gasteiger partial charge in [-0.25, -0.2) is 0 Å². The molecule has 0 fully saturated rings. The number of hydrogen-bond donors (Lipinski definition) is 1. The molecule has 2 heteroatoms. The van der Waals surface area contributed by atoms with Crippen molar-refractivity contribution >= 4 is 5.78 Å². The van der Waals surface area contributed by atoms with E-state index < -0.39 is 5.60 Å². The fourth-order valence-corrected chi connectivity index (χ4v) is 1.73. The lowest BCUT2D eigenvalue weighted by atomic mass is 9.98. The van der Waals surface area contributed by atoms with Crippen LogP contribution in [0.4, 0.5) is 0 Å². The van der Waals surface area contributed by atoms with Crippen molar-refractivity contribution in [3.8, 4) is 0 Å². The molecule has 1 unspecified atom stereocenters. The zero-order valence-electron chi connectivity index (χ0n) is 9.41. The minimum absolute atomic E-state index is 0.0249. The van der Waals surface area contributed by atoms with E-state index in [4.69, 9.17) is 0 Å². The predicted octanol–water partition coefficient (Wildman–Crippen LogP) is 2.77. The van der Waals surface area contributed by atoms with Crippen molar-refractivity contribution in [3.05, 3.63) is 24.3 Å². The third-order valence-electron chi connectivity index (χ3n) is 2.67. The number of rotatable bonds is 6. The van der Waals surface area contributed by atoms with Gasteiger partial charge in [-0.1, -0.05) is 31.9 Å². The van der Waals surface area contributed by atoms with Gasteiger partial charge in [0.15, 0.2) is 5.78 Å². The second kappa shape index (κ2) is 5.86. The third kappa shape index (κ3) is 4.43. The maximum atomic E-state index is 11.0. The highest BCUT2D eigenvalue weighted by atomic mass is 16.3. The molecule has 84 valence electrons. The number of hydrogen-bond acceptors (Lipinski definition) is 2. The first-order valence-electron chi connectivity index (χ1n) is 5.76. The Hall–Kier alpha value is -0.890. The van der Waals surface area contributed by atoms with Crippen LogP contribution in [-0.4, -0.2) is 16.5 Å². The smallest absolute Gasteiger partial charge is 0.158 e. The van der Waals surface area contributed by atoms with Crippen LogP contribution in [0.3, 0.4) is 0 Å². The van der Waals surface area contributed by atoms with Gasteiger partial charge in [0.25, 0.3) is 0 Å². The van der Waals surface area contributed by atoms with Crippen LogP contribution in [0.5, 0.6) is 0 Å². The van der Waals surface area contributed by atoms with E-state index in [2.05, 4.69) is 13.0 Å². The van der Waals surface area contributed by atoms with Crippen molar-refractivity contribution in [2.24, 2.45) is 0 Å². The topological polar surface area (TPSA) is 37.3 Å². The molecule has 0 saturated heterocycles. The van der Waals surface area contributed by atoms with Crippen molar-refractivity contribution in [2.75, 3.05) is 0 Å². The van der Waals surface area contributed by atoms with Crippen LogP contribution in [0, 0.1) is 0 Å². The number of allylic oxidation sites excluding steroid dienone is 2. The van der Waals surface area contributed by atoms with E-state index in [-0.39, 0.29) is 12.2 Å². The van der Waals surface area contributed by atoms with Gasteiger partial charge >= 0.3 is 0 Å². The summed E-state index contributed by atoms with van der Waals surface area (Å²) < 4.78 is 0. The molecule has 0 aromatic rings. The van der Waals surface area contributed by atoms with Gasteiger partial charge in [0.1, 0.15) is 0 Å². The molecule has 2 nitrogen and oxygen atoms in total. The average Bonchev–Trinajstić information content (AvgIpc) is 2.53. The summed E-state index contributed by atoms with van der Waals surface area (Å²) in [4.78, 5) is 11.0. The van der Waals surface area contributed by atoms with E-state index in [1.165, 1.54) is 25.3 Å². The van der Waals surface area contributed by atoms with Crippen LogP contribution in [0.15, 0.2) is 24.3 Å². The van der Waals surface area contributed by atoms with Crippen molar-refractivity contribution in [1.29, 1.82) is 0 Å². The summed E-state index contributed by atoms with van der Waals surface area (Å²) in [6.45, 7) is 2.18. The van der Waals surface area contributed by atoms with Gasteiger partial charge in [-0.2, -0.15) is 0 Å². The molecule has 1 aliphatic carbocycles. The number of ketones is 1. The first kappa shape index (κ1) is 12.2. The molecule has 15 heavy (non-hydrogen) atoms. The van der Waals surface area contributed by atoms with E-state index in [1.54, 1.807) is 6.08 Å². The van der Waals surface area contributed by atoms with Crippen LogP contribution in [0.25, 0.3) is 0 Å². The fourth-order valence-electron chi connectivity index (χ4n) is 1.73. The van der Waals surface area contributed by atoms with Gasteiger partial charge in [0.2, 0.25) is 0 Å². The molecule has 0 aromatic heterocycles. The summed E-state index contributed by atoms with van der Waals surface area (Å²) in [5, 5.41) is 9.91. The normalized spacial score (nSPS) is 25.6. The molecule has 1 atom stereocenters. The molecule has 0 aromatic carbocycles. The Morgan fingerprint density at radius 3 is 2.87 bits per heavy atom. The van der Waals surface area contributed by atoms with Gasteiger partial charge in [0.05, 0.1) is 5.60 Å². The Bertz CT molecular complexity index is 266. The number of unbranched alkanes of at least 4 members (excludes halogenated alkanes) is 3. The highest BCUT2D eigenvalue weighted by Gasteiger charge is 2.29. The molecule has 1 rings (SSSR count). The van der Waals surface area contributed by atoms with Crippen LogP contribution in [0.1, 0.15) is 45.4 Å². The number of aliphatic hydroxyl groups is 1. The zero-order chi connectivity index (χ0) is 11.1. The lowest BCUT2D eigenvalue weighted by Gasteiger charge is -2.16. The van der Waals surface area contributed by atoms with Crippen molar-refractivity contribution in [3.63, 3.8) is 0 Å². The van der Waals surface area contributed by atoms with Crippen molar-refractivity contribution in [1.82, 2.24) is 0 Å². The second-order valence-corrected chi connectivity index (χ2v) is 4.25. The van der Waals surface area contributed by atoms with Crippen LogP contribution < -0.4 is 0 Å². The molecule has 0 saturated carbocycles. The quantitative estimate of drug-likeness (QED) is 0.538. The van der Waals surface area contributed by atoms with Crippen LogP contribution >= 0.6 is 0 Å². The third-order valence-corrected chi connectivity index (χ3v) is 2.67. The SMILES string of the molecule is CCCCC/C=C\CC1(O)C=CC(=O)C1. The van der Waals surface area contributed by atoms with E-state index in [0.717, 1.165) is 6.42 Å². The molecule has 0 spiro atoms. The lowest BCUT2D eigenvalue weighted by molar-refractivity contribution is -0.116. The largest absolute Gasteiger partial charge is 0.385 e. The Balaban J connectivity index is 2.19. The Labute approximate surface area is 91.7 Å². The van der Waals surface area contributed by atoms with E-state index >= 15 is 0 Å². The fraction of sp³-hybridized carbons (Fsp3) is 0.615. The van der Waals surface area contributed by atoms with Gasteiger partial charge in [-0.3, -0.25) is 4.79 Å². The highest BCUT2D eigenvalue weighted by molar-refractivity contribution is 5.93. The van der Waals surface area contributed by atoms with Crippen LogP contribution in [-0.2, 0) is 4.79 Å². The van der Waals surface area contributed by atoms with Crippen LogP contribution in [0.2, 0.25) is 0 Å². The molecule has 0 amide bonds. The second-order valence-electron chi connectivity index (χ2n) is 4.25. The van der Waals surface area contributed by atoms with Gasteiger partial charge in [0, 0.05) is 6.42 Å². The molecule has 0 bridgehead atoms. The van der Waals surface area contributed by atoms with Gasteiger partial charge in [-0.05, 0) is 31.4 Å². The summed E-state index contributed by atoms with van der Waals surface area (Å²) in [7, 11) is 0. The molecular formula is C13H20O2. The Morgan fingerprint density at radius 2 is 2.27 bits per heavy atom. The molecule has 1 N–H and O–H groups in total. The molecule has 1 aliphatic rings. The molecule has 0 aliphatic heterocycles. The Kier molecular flexibility index (Phi) is 4.76. The summed E-state index contributed by atoms with van der Waals surface area (Å²) in [6, 6.07) is 0. The lowest BCUT2D eigenvalue weighted by Crippen LogP contribution is -2.23. The van der Waals surface area contributed by atoms with E-state index in [1.807, 2.05) is 6.08 Å².